The van der Waals surface area contributed by atoms with E-state index in [9.17, 15) is 4.79 Å². The number of rotatable bonds is 0. The first-order valence-electron chi connectivity index (χ1n) is 1.38. The number of hydrogen-bond acceptors (Lipinski definition) is 2. The molecule has 50 valence electrons. The molecule has 0 radical (unpaired) electrons. The zero-order valence-electron chi connectivity index (χ0n) is 5.33. The van der Waals surface area contributed by atoms with Gasteiger partial charge < -0.3 is 5.72 Å². The first kappa shape index (κ1) is 13.8. The quantitative estimate of drug-likeness (QED) is 0.406. The van der Waals surface area contributed by atoms with E-state index in [4.69, 9.17) is 34.8 Å². The minimum atomic E-state index is -2.07. The van der Waals surface area contributed by atoms with Crippen LogP contribution < -0.4 is 51.4 Å². The Morgan fingerprint density at radius 3 is 1.78 bits per heavy atom. The third-order valence-electron chi connectivity index (χ3n) is 0.302. The number of alkyl halides is 3. The van der Waals surface area contributed by atoms with Gasteiger partial charge in [0.1, 0.15) is 11.9 Å². The predicted molar refractivity (Wildman–Crippen MR) is 33.3 cm³/mol. The van der Waals surface area contributed by atoms with Crippen LogP contribution in [0.4, 0.5) is 0 Å². The molecule has 0 amide bonds. The summed E-state index contributed by atoms with van der Waals surface area (Å²) in [5, 5.41) is 0. The molecule has 0 bridgehead atoms. The Hall–Kier alpha value is 2.27. The largest absolute Gasteiger partial charge is 1.00 e. The van der Waals surface area contributed by atoms with Gasteiger partial charge in [-0.05, 0) is 0 Å². The Morgan fingerprint density at radius 1 is 1.44 bits per heavy atom. The average Bonchev–Trinajstić information content (AvgIpc) is 1.62. The molecule has 0 heterocycles. The molecule has 7 heteroatoms. The molecule has 0 N–H and O–H groups in total. The maximum absolute atomic E-state index is 10.1. The normalized spacial score (nSPS) is 9.78. The van der Waals surface area contributed by atoms with Crippen LogP contribution in [-0.4, -0.2) is 9.76 Å². The monoisotopic (exact) mass is 236 g/mol. The fraction of sp³-hybridized carbons (Fsp3) is 0.500. The SMILES string of the molecule is O=C(OCl)C(Cl)(Cl)Cl.[H-].[K+]. The summed E-state index contributed by atoms with van der Waals surface area (Å²) in [7, 11) is 0. The molecule has 0 aromatic rings. The van der Waals surface area contributed by atoms with Crippen molar-refractivity contribution in [2.24, 2.45) is 0 Å². The molecule has 0 atom stereocenters. The van der Waals surface area contributed by atoms with E-state index in [1.807, 2.05) is 0 Å². The van der Waals surface area contributed by atoms with Gasteiger partial charge in [-0.25, -0.2) is 4.79 Å². The van der Waals surface area contributed by atoms with Crippen LogP contribution in [0.1, 0.15) is 1.43 Å². The summed E-state index contributed by atoms with van der Waals surface area (Å²) in [5.41, 5.74) is 0. The summed E-state index contributed by atoms with van der Waals surface area (Å²) >= 11 is 19.4. The molecule has 0 aliphatic carbocycles. The second-order valence-corrected chi connectivity index (χ2v) is 3.30. The van der Waals surface area contributed by atoms with E-state index in [1.54, 1.807) is 0 Å². The zero-order chi connectivity index (χ0) is 6.78. The summed E-state index contributed by atoms with van der Waals surface area (Å²) in [6.07, 6.45) is 0. The maximum atomic E-state index is 10.1. The van der Waals surface area contributed by atoms with Crippen LogP contribution in [0.25, 0.3) is 0 Å². The average molecular weight is 238 g/mol. The van der Waals surface area contributed by atoms with Crippen LogP contribution in [-0.2, 0) is 9.08 Å². The molecule has 9 heavy (non-hydrogen) atoms. The van der Waals surface area contributed by atoms with Crippen molar-refractivity contribution in [2.75, 3.05) is 0 Å². The molecule has 2 nitrogen and oxygen atoms in total. The first-order valence-corrected chi connectivity index (χ1v) is 2.82. The minimum Gasteiger partial charge on any atom is -1.00 e. The van der Waals surface area contributed by atoms with E-state index in [-0.39, 0.29) is 52.8 Å². The molecule has 0 fully saturated rings. The molecule has 0 saturated heterocycles. The topological polar surface area (TPSA) is 26.3 Å². The van der Waals surface area contributed by atoms with Crippen molar-refractivity contribution in [3.05, 3.63) is 0 Å². The third-order valence-corrected chi connectivity index (χ3v) is 0.905. The van der Waals surface area contributed by atoms with E-state index < -0.39 is 9.76 Å². The van der Waals surface area contributed by atoms with E-state index in [0.29, 0.717) is 0 Å². The fourth-order valence-corrected chi connectivity index (χ4v) is 0.394. The predicted octanol–water partition coefficient (Wildman–Crippen LogP) is -0.830. The van der Waals surface area contributed by atoms with Crippen molar-refractivity contribution in [1.82, 2.24) is 0 Å². The summed E-state index contributed by atoms with van der Waals surface area (Å²) in [5.74, 6) is -1.11. The van der Waals surface area contributed by atoms with Crippen molar-refractivity contribution in [3.63, 3.8) is 0 Å². The molecule has 0 aromatic heterocycles. The number of hydrogen-bond donors (Lipinski definition) is 0. The molecular weight excluding hydrogens is 237 g/mol. The number of carbonyl (C=O) groups excluding carboxylic acids is 1. The standard InChI is InChI=1S/C2Cl4O2.K.H/c3-2(4,5)1(7)8-6;;/q;+1;-1. The van der Waals surface area contributed by atoms with Crippen LogP contribution in [0.3, 0.4) is 0 Å². The van der Waals surface area contributed by atoms with Crippen LogP contribution >= 0.6 is 46.7 Å². The maximum Gasteiger partial charge on any atom is 1.00 e. The van der Waals surface area contributed by atoms with E-state index >= 15 is 0 Å². The molecule has 0 spiro atoms. The second kappa shape index (κ2) is 5.86. The van der Waals surface area contributed by atoms with Crippen LogP contribution in [0.5, 0.6) is 0 Å². The van der Waals surface area contributed by atoms with Gasteiger partial charge in [-0.3, -0.25) is 0 Å². The van der Waals surface area contributed by atoms with Gasteiger partial charge in [-0.2, -0.15) is 0 Å². The van der Waals surface area contributed by atoms with Gasteiger partial charge >= 0.3 is 57.4 Å². The second-order valence-electron chi connectivity index (χ2n) is 0.862. The Labute approximate surface area is 116 Å². The van der Waals surface area contributed by atoms with Gasteiger partial charge in [0.25, 0.3) is 3.79 Å². The van der Waals surface area contributed by atoms with Crippen LogP contribution in [0.15, 0.2) is 0 Å². The summed E-state index contributed by atoms with van der Waals surface area (Å²) in [6, 6.07) is 0. The van der Waals surface area contributed by atoms with Gasteiger partial charge in [0, 0.05) is 0 Å². The molecule has 0 saturated carbocycles. The van der Waals surface area contributed by atoms with E-state index in [0.717, 1.165) is 0 Å². The minimum absolute atomic E-state index is 0. The van der Waals surface area contributed by atoms with Gasteiger partial charge in [0.05, 0.1) is 0 Å². The Kier molecular flexibility index (Phi) is 9.00. The van der Waals surface area contributed by atoms with E-state index in [2.05, 4.69) is 16.2 Å². The van der Waals surface area contributed by atoms with Crippen LogP contribution in [0.2, 0.25) is 0 Å². The van der Waals surface area contributed by atoms with Crippen molar-refractivity contribution >= 4 is 52.6 Å². The Morgan fingerprint density at radius 2 is 1.78 bits per heavy atom. The Bertz CT molecular complexity index is 104. The van der Waals surface area contributed by atoms with Crippen molar-refractivity contribution in [2.45, 2.75) is 3.79 Å². The first-order chi connectivity index (χ1) is 3.48. The van der Waals surface area contributed by atoms with Gasteiger partial charge in [0.15, 0.2) is 0 Å². The molecule has 0 aromatic carbocycles. The molecule has 0 rings (SSSR count). The molecule has 0 aliphatic heterocycles. The third kappa shape index (κ3) is 6.66. The zero-order valence-corrected chi connectivity index (χ0v) is 10.5. The Balaban J connectivity index is -0.000000245. The van der Waals surface area contributed by atoms with Gasteiger partial charge in [-0.15, -0.1) is 0 Å². The molecule has 0 unspecified atom stereocenters. The van der Waals surface area contributed by atoms with Crippen molar-refractivity contribution in [1.29, 1.82) is 0 Å². The number of halogens is 4. The summed E-state index contributed by atoms with van der Waals surface area (Å²) in [4.78, 5) is 10.1. The molecule has 0 aliphatic rings. The fourth-order valence-electron chi connectivity index (χ4n) is 0.0437. The summed E-state index contributed by atoms with van der Waals surface area (Å²) in [6.45, 7) is 0. The van der Waals surface area contributed by atoms with Gasteiger partial charge in [0.2, 0.25) is 0 Å². The van der Waals surface area contributed by atoms with E-state index in [1.165, 1.54) is 0 Å². The smallest absolute Gasteiger partial charge is 1.00 e. The number of carbonyl (C=O) groups is 1. The molecular formula is C2HCl4KO2. The van der Waals surface area contributed by atoms with Gasteiger partial charge in [-0.1, -0.05) is 34.8 Å². The van der Waals surface area contributed by atoms with Crippen LogP contribution in [0, 0.1) is 0 Å². The summed E-state index contributed by atoms with van der Waals surface area (Å²) < 4.78 is 1.48. The van der Waals surface area contributed by atoms with Crippen molar-refractivity contribution < 1.29 is 61.9 Å². The van der Waals surface area contributed by atoms with Crippen molar-refractivity contribution in [3.8, 4) is 0 Å².